The van der Waals surface area contributed by atoms with Crippen LogP contribution in [0.15, 0.2) is 60.7 Å². The maximum atomic E-state index is 14.7. The molecule has 0 N–H and O–H groups in total. The highest BCUT2D eigenvalue weighted by atomic mass is 31.2. The third kappa shape index (κ3) is 3.06. The van der Waals surface area contributed by atoms with Gasteiger partial charge in [-0.2, -0.15) is 0 Å². The van der Waals surface area contributed by atoms with Crippen LogP contribution in [0.1, 0.15) is 39.0 Å². The number of hydrogen-bond acceptors (Lipinski definition) is 3. The molecule has 1 aliphatic carbocycles. The van der Waals surface area contributed by atoms with Gasteiger partial charge in [-0.15, -0.1) is 0 Å². The zero-order valence-electron chi connectivity index (χ0n) is 14.7. The lowest BCUT2D eigenvalue weighted by Crippen LogP contribution is -2.47. The van der Waals surface area contributed by atoms with Crippen LogP contribution < -0.4 is 10.6 Å². The molecule has 25 heavy (non-hydrogen) atoms. The van der Waals surface area contributed by atoms with E-state index in [1.165, 1.54) is 0 Å². The van der Waals surface area contributed by atoms with Gasteiger partial charge in [-0.25, -0.2) is 0 Å². The molecule has 1 fully saturated rings. The van der Waals surface area contributed by atoms with E-state index in [1.54, 1.807) is 0 Å². The Balaban J connectivity index is 2.25. The minimum absolute atomic E-state index is 0.300. The zero-order valence-corrected chi connectivity index (χ0v) is 15.6. The topological polar surface area (TPSA) is 43.4 Å². The molecule has 0 aromatic heterocycles. The minimum atomic E-state index is -3.19. The van der Waals surface area contributed by atoms with Gasteiger partial charge in [0.05, 0.1) is 6.61 Å². The van der Waals surface area contributed by atoms with E-state index in [0.29, 0.717) is 19.4 Å². The molecular formula is C21H25O3P. The second kappa shape index (κ2) is 7.58. The fraction of sp³-hybridized carbons (Fsp3) is 0.381. The van der Waals surface area contributed by atoms with Crippen molar-refractivity contribution in [2.75, 3.05) is 6.61 Å². The lowest BCUT2D eigenvalue weighted by atomic mass is 9.88. The second-order valence-corrected chi connectivity index (χ2v) is 9.70. The number of rotatable bonds is 5. The molecule has 0 spiro atoms. The summed E-state index contributed by atoms with van der Waals surface area (Å²) < 4.78 is 20.2. The second-order valence-electron chi connectivity index (χ2n) is 6.59. The van der Waals surface area contributed by atoms with Crippen LogP contribution in [0, 0.1) is 0 Å². The van der Waals surface area contributed by atoms with Crippen molar-refractivity contribution in [3.05, 3.63) is 60.7 Å². The molecule has 3 nitrogen and oxygen atoms in total. The molecule has 0 bridgehead atoms. The van der Waals surface area contributed by atoms with Crippen LogP contribution in [0.3, 0.4) is 0 Å². The van der Waals surface area contributed by atoms with Crippen LogP contribution in [-0.4, -0.2) is 17.7 Å². The molecule has 0 heterocycles. The van der Waals surface area contributed by atoms with Gasteiger partial charge in [-0.1, -0.05) is 79.9 Å². The van der Waals surface area contributed by atoms with Crippen LogP contribution in [0.5, 0.6) is 0 Å². The average Bonchev–Trinajstić information content (AvgIpc) is 2.69. The zero-order chi connectivity index (χ0) is 17.8. The minimum Gasteiger partial charge on any atom is -0.465 e. The van der Waals surface area contributed by atoms with E-state index >= 15 is 0 Å². The first-order valence-corrected chi connectivity index (χ1v) is 10.7. The Morgan fingerprint density at radius 3 is 1.84 bits per heavy atom. The van der Waals surface area contributed by atoms with Crippen molar-refractivity contribution >= 4 is 23.7 Å². The molecule has 132 valence electrons. The van der Waals surface area contributed by atoms with E-state index in [1.807, 2.05) is 67.6 Å². The highest BCUT2D eigenvalue weighted by molar-refractivity contribution is 7.80. The molecular weight excluding hydrogens is 331 g/mol. The SMILES string of the molecule is CCOC(=O)C1(P(=O)(c2ccccc2)c2ccccc2)CCCCC1. The van der Waals surface area contributed by atoms with E-state index in [-0.39, 0.29) is 5.97 Å². The first kappa shape index (κ1) is 17.9. The standard InChI is InChI=1S/C21H25O3P/c1-2-24-20(22)21(16-10-5-11-17-21)25(23,18-12-6-3-7-13-18)19-14-8-4-9-15-19/h3-4,6-9,12-15H,2,5,10-11,16-17H2,1H3. The van der Waals surface area contributed by atoms with Gasteiger partial charge in [0.25, 0.3) is 0 Å². The summed E-state index contributed by atoms with van der Waals surface area (Å²) in [5.74, 6) is -0.300. The molecule has 2 aromatic carbocycles. The van der Waals surface area contributed by atoms with Gasteiger partial charge in [0, 0.05) is 10.6 Å². The van der Waals surface area contributed by atoms with Gasteiger partial charge >= 0.3 is 5.97 Å². The smallest absolute Gasteiger partial charge is 0.320 e. The van der Waals surface area contributed by atoms with Crippen LogP contribution in [0.25, 0.3) is 0 Å². The van der Waals surface area contributed by atoms with E-state index in [4.69, 9.17) is 4.74 Å². The van der Waals surface area contributed by atoms with E-state index in [9.17, 15) is 9.36 Å². The summed E-state index contributed by atoms with van der Waals surface area (Å²) in [7, 11) is -3.19. The van der Waals surface area contributed by atoms with Crippen molar-refractivity contribution in [2.24, 2.45) is 0 Å². The molecule has 0 saturated heterocycles. The van der Waals surface area contributed by atoms with E-state index < -0.39 is 12.3 Å². The number of esters is 1. The Morgan fingerprint density at radius 2 is 1.40 bits per heavy atom. The van der Waals surface area contributed by atoms with Crippen LogP contribution in [0.4, 0.5) is 0 Å². The van der Waals surface area contributed by atoms with Crippen molar-refractivity contribution in [3.63, 3.8) is 0 Å². The Kier molecular flexibility index (Phi) is 5.44. The highest BCUT2D eigenvalue weighted by Gasteiger charge is 2.56. The van der Waals surface area contributed by atoms with Crippen LogP contribution in [-0.2, 0) is 14.1 Å². The lowest BCUT2D eigenvalue weighted by Gasteiger charge is -2.41. The van der Waals surface area contributed by atoms with Gasteiger partial charge in [-0.05, 0) is 19.8 Å². The average molecular weight is 356 g/mol. The lowest BCUT2D eigenvalue weighted by molar-refractivity contribution is -0.147. The van der Waals surface area contributed by atoms with Crippen molar-refractivity contribution in [3.8, 4) is 0 Å². The summed E-state index contributed by atoms with van der Waals surface area (Å²) >= 11 is 0. The summed E-state index contributed by atoms with van der Waals surface area (Å²) in [5, 5.41) is 0.538. The molecule has 0 unspecified atom stereocenters. The van der Waals surface area contributed by atoms with Crippen molar-refractivity contribution in [1.82, 2.24) is 0 Å². The third-order valence-corrected chi connectivity index (χ3v) is 9.06. The monoisotopic (exact) mass is 356 g/mol. The number of hydrogen-bond donors (Lipinski definition) is 0. The van der Waals surface area contributed by atoms with Gasteiger partial charge < -0.3 is 9.30 Å². The summed E-state index contributed by atoms with van der Waals surface area (Å²) in [6, 6.07) is 19.0. The quantitative estimate of drug-likeness (QED) is 0.594. The summed E-state index contributed by atoms with van der Waals surface area (Å²) in [5.41, 5.74) is 0. The number of carbonyl (C=O) groups is 1. The van der Waals surface area contributed by atoms with Crippen molar-refractivity contribution < 1.29 is 14.1 Å². The fourth-order valence-corrected chi connectivity index (χ4v) is 7.71. The first-order valence-electron chi connectivity index (χ1n) is 9.04. The third-order valence-electron chi connectivity index (χ3n) is 5.18. The Bertz CT molecular complexity index is 706. The van der Waals surface area contributed by atoms with Crippen molar-refractivity contribution in [2.45, 2.75) is 44.2 Å². The number of ether oxygens (including phenoxy) is 1. The van der Waals surface area contributed by atoms with Gasteiger partial charge in [0.15, 0.2) is 7.14 Å². The fourth-order valence-electron chi connectivity index (χ4n) is 3.97. The maximum absolute atomic E-state index is 14.7. The molecule has 3 rings (SSSR count). The molecule has 4 heteroatoms. The molecule has 1 saturated carbocycles. The van der Waals surface area contributed by atoms with Crippen LogP contribution >= 0.6 is 7.14 Å². The normalized spacial score (nSPS) is 17.0. The van der Waals surface area contributed by atoms with Gasteiger partial charge in [0.1, 0.15) is 5.16 Å². The molecule has 0 amide bonds. The molecule has 2 aromatic rings. The molecule has 1 aliphatic rings. The largest absolute Gasteiger partial charge is 0.465 e. The summed E-state index contributed by atoms with van der Waals surface area (Å²) in [6.45, 7) is 2.12. The Labute approximate surface area is 149 Å². The van der Waals surface area contributed by atoms with Crippen molar-refractivity contribution in [1.29, 1.82) is 0 Å². The molecule has 0 atom stereocenters. The Hall–Kier alpha value is -1.86. The molecule has 0 aliphatic heterocycles. The predicted octanol–water partition coefficient (Wildman–Crippen LogP) is 4.27. The van der Waals surface area contributed by atoms with E-state index in [0.717, 1.165) is 29.9 Å². The van der Waals surface area contributed by atoms with Crippen LogP contribution in [0.2, 0.25) is 0 Å². The summed E-state index contributed by atoms with van der Waals surface area (Å²) in [4.78, 5) is 13.1. The number of benzene rings is 2. The maximum Gasteiger partial charge on any atom is 0.320 e. The van der Waals surface area contributed by atoms with E-state index in [2.05, 4.69) is 0 Å². The number of carbonyl (C=O) groups excluding carboxylic acids is 1. The van der Waals surface area contributed by atoms with Gasteiger partial charge in [0.2, 0.25) is 0 Å². The summed E-state index contributed by atoms with van der Waals surface area (Å²) in [6.07, 6.45) is 4.12. The predicted molar refractivity (Wildman–Crippen MR) is 102 cm³/mol. The first-order chi connectivity index (χ1) is 12.1. The molecule has 0 radical (unpaired) electrons. The highest BCUT2D eigenvalue weighted by Crippen LogP contribution is 2.62. The van der Waals surface area contributed by atoms with Gasteiger partial charge in [-0.3, -0.25) is 4.79 Å². The Morgan fingerprint density at radius 1 is 0.920 bits per heavy atom.